The zero-order chi connectivity index (χ0) is 24.1. The molecule has 0 spiro atoms. The molecule has 0 aliphatic carbocycles. The molecule has 2 N–H and O–H groups in total. The number of anilines is 1. The van der Waals surface area contributed by atoms with E-state index in [1.807, 2.05) is 48.5 Å². The van der Waals surface area contributed by atoms with Gasteiger partial charge in [0, 0.05) is 10.6 Å². The Morgan fingerprint density at radius 3 is 2.35 bits per heavy atom. The van der Waals surface area contributed by atoms with Crippen LogP contribution in [0.25, 0.3) is 17.3 Å². The van der Waals surface area contributed by atoms with E-state index in [9.17, 15) is 10.5 Å². The molecule has 0 fully saturated rings. The summed E-state index contributed by atoms with van der Waals surface area (Å²) in [7, 11) is 0. The van der Waals surface area contributed by atoms with Gasteiger partial charge in [-0.2, -0.15) is 15.6 Å². The van der Waals surface area contributed by atoms with Crippen LogP contribution in [0.3, 0.4) is 0 Å². The molecule has 8 heteroatoms. The van der Waals surface area contributed by atoms with Gasteiger partial charge in [0.1, 0.15) is 41.6 Å². The van der Waals surface area contributed by atoms with E-state index in [2.05, 4.69) is 17.2 Å². The number of nitriles is 2. The van der Waals surface area contributed by atoms with E-state index in [-0.39, 0.29) is 29.3 Å². The van der Waals surface area contributed by atoms with E-state index in [1.165, 1.54) is 10.8 Å². The number of benzene rings is 3. The summed E-state index contributed by atoms with van der Waals surface area (Å²) in [6.45, 7) is 0.268. The third-order valence-corrected chi connectivity index (χ3v) is 5.47. The Kier molecular flexibility index (Phi) is 6.85. The van der Waals surface area contributed by atoms with E-state index in [1.54, 1.807) is 24.3 Å². The van der Waals surface area contributed by atoms with Crippen molar-refractivity contribution in [2.24, 2.45) is 0 Å². The fourth-order valence-corrected chi connectivity index (χ4v) is 3.94. The van der Waals surface area contributed by atoms with E-state index >= 15 is 0 Å². The minimum absolute atomic E-state index is 0.0940. The maximum Gasteiger partial charge on any atom is 0.145 e. The Labute approximate surface area is 206 Å². The number of hydrogen-bond donors (Lipinski definition) is 1. The van der Waals surface area contributed by atoms with Crippen molar-refractivity contribution in [1.29, 1.82) is 10.5 Å². The van der Waals surface area contributed by atoms with Crippen LogP contribution in [0.2, 0.25) is 10.0 Å². The quantitative estimate of drug-likeness (QED) is 0.324. The van der Waals surface area contributed by atoms with E-state index in [4.69, 9.17) is 33.7 Å². The number of rotatable bonds is 6. The predicted octanol–water partition coefficient (Wildman–Crippen LogP) is 6.28. The van der Waals surface area contributed by atoms with Gasteiger partial charge in [-0.05, 0) is 35.9 Å². The molecule has 1 aromatic heterocycles. The number of ether oxygens (including phenoxy) is 1. The first kappa shape index (κ1) is 22.9. The second-order valence-corrected chi connectivity index (χ2v) is 8.06. The van der Waals surface area contributed by atoms with Crippen molar-refractivity contribution < 1.29 is 4.74 Å². The number of aromatic nitrogens is 2. The summed E-state index contributed by atoms with van der Waals surface area (Å²) in [5.74, 6) is 0.492. The Bertz CT molecular complexity index is 1450. The molecule has 0 saturated heterocycles. The molecule has 0 atom stereocenters. The minimum atomic E-state index is 0.0940. The molecule has 0 aliphatic heterocycles. The molecular formula is C26H17Cl2N5O. The molecule has 0 unspecified atom stereocenters. The van der Waals surface area contributed by atoms with E-state index in [0.29, 0.717) is 27.0 Å². The summed E-state index contributed by atoms with van der Waals surface area (Å²) >= 11 is 12.7. The molecule has 1 heterocycles. The number of allylic oxidation sites excluding steroid dienone is 1. The monoisotopic (exact) mass is 485 g/mol. The van der Waals surface area contributed by atoms with Crippen molar-refractivity contribution in [2.45, 2.75) is 6.61 Å². The van der Waals surface area contributed by atoms with Crippen molar-refractivity contribution in [3.05, 3.63) is 105 Å². The minimum Gasteiger partial charge on any atom is -0.487 e. The lowest BCUT2D eigenvalue weighted by atomic mass is 10.1. The molecule has 0 saturated carbocycles. The van der Waals surface area contributed by atoms with Crippen molar-refractivity contribution >= 4 is 40.7 Å². The van der Waals surface area contributed by atoms with Crippen LogP contribution in [0.1, 0.15) is 22.4 Å². The first-order chi connectivity index (χ1) is 16.5. The van der Waals surface area contributed by atoms with Crippen LogP contribution < -0.4 is 10.5 Å². The van der Waals surface area contributed by atoms with Crippen LogP contribution >= 0.6 is 23.2 Å². The number of halogens is 2. The van der Waals surface area contributed by atoms with E-state index < -0.39 is 0 Å². The van der Waals surface area contributed by atoms with Crippen molar-refractivity contribution in [2.75, 3.05) is 5.73 Å². The maximum atomic E-state index is 9.94. The van der Waals surface area contributed by atoms with Crippen molar-refractivity contribution in [1.82, 2.24) is 9.78 Å². The van der Waals surface area contributed by atoms with Gasteiger partial charge in [0.05, 0.1) is 16.3 Å². The summed E-state index contributed by atoms with van der Waals surface area (Å²) in [5, 5.41) is 24.8. The van der Waals surface area contributed by atoms with Gasteiger partial charge in [-0.1, -0.05) is 71.7 Å². The topological polar surface area (TPSA) is 101 Å². The van der Waals surface area contributed by atoms with Gasteiger partial charge in [-0.25, -0.2) is 4.68 Å². The molecule has 34 heavy (non-hydrogen) atoms. The lowest BCUT2D eigenvalue weighted by Crippen LogP contribution is -2.02. The number of hydrogen-bond acceptors (Lipinski definition) is 5. The standard InChI is InChI=1S/C26H17Cl2N5O/c27-20-12-18(25(23(28)13-20)34-16-17-7-3-1-4-8-17)11-19(14-29)24-22(15-30)26(31)33(32-24)21-9-5-2-6-10-21/h1-13H,16,31H2. The van der Waals surface area contributed by atoms with Crippen LogP contribution in [-0.4, -0.2) is 9.78 Å². The Morgan fingerprint density at radius 2 is 1.71 bits per heavy atom. The summed E-state index contributed by atoms with van der Waals surface area (Å²) < 4.78 is 7.41. The summed E-state index contributed by atoms with van der Waals surface area (Å²) in [6.07, 6.45) is 1.54. The molecule has 0 amide bonds. The first-order valence-electron chi connectivity index (χ1n) is 10.1. The smallest absolute Gasteiger partial charge is 0.145 e. The average Bonchev–Trinajstić information content (AvgIpc) is 3.18. The summed E-state index contributed by atoms with van der Waals surface area (Å²) in [4.78, 5) is 0. The van der Waals surface area contributed by atoms with Crippen LogP contribution in [0.4, 0.5) is 5.82 Å². The molecule has 4 aromatic rings. The molecule has 0 aliphatic rings. The highest BCUT2D eigenvalue weighted by atomic mass is 35.5. The SMILES string of the molecule is N#CC(=Cc1cc(Cl)cc(Cl)c1OCc1ccccc1)c1nn(-c2ccccc2)c(N)c1C#N. The Hall–Kier alpha value is -4.23. The number of nitrogens with zero attached hydrogens (tertiary/aromatic N) is 4. The Balaban J connectivity index is 1.79. The van der Waals surface area contributed by atoms with Crippen LogP contribution in [-0.2, 0) is 6.61 Å². The van der Waals surface area contributed by atoms with Gasteiger partial charge in [0.2, 0.25) is 0 Å². The third-order valence-electron chi connectivity index (χ3n) is 4.97. The number of nitrogens with two attached hydrogens (primary N) is 1. The van der Waals surface area contributed by atoms with Crippen LogP contribution in [0, 0.1) is 22.7 Å². The molecule has 166 valence electrons. The lowest BCUT2D eigenvalue weighted by Gasteiger charge is -2.12. The largest absolute Gasteiger partial charge is 0.487 e. The molecule has 6 nitrogen and oxygen atoms in total. The second-order valence-electron chi connectivity index (χ2n) is 7.22. The average molecular weight is 486 g/mol. The summed E-state index contributed by atoms with van der Waals surface area (Å²) in [6, 6.07) is 26.1. The fraction of sp³-hybridized carbons (Fsp3) is 0.0385. The van der Waals surface area contributed by atoms with Crippen molar-refractivity contribution in [3.63, 3.8) is 0 Å². The fourth-order valence-electron chi connectivity index (χ4n) is 3.37. The van der Waals surface area contributed by atoms with Crippen LogP contribution in [0.15, 0.2) is 72.8 Å². The van der Waals surface area contributed by atoms with Gasteiger partial charge in [0.25, 0.3) is 0 Å². The highest BCUT2D eigenvalue weighted by Gasteiger charge is 2.21. The maximum absolute atomic E-state index is 9.94. The molecule has 0 bridgehead atoms. The van der Waals surface area contributed by atoms with Gasteiger partial charge in [0.15, 0.2) is 0 Å². The molecule has 4 rings (SSSR count). The molecule has 0 radical (unpaired) electrons. The highest BCUT2D eigenvalue weighted by Crippen LogP contribution is 2.36. The molecule has 3 aromatic carbocycles. The van der Waals surface area contributed by atoms with Gasteiger partial charge >= 0.3 is 0 Å². The Morgan fingerprint density at radius 1 is 1.03 bits per heavy atom. The third kappa shape index (κ3) is 4.74. The predicted molar refractivity (Wildman–Crippen MR) is 133 cm³/mol. The summed E-state index contributed by atoms with van der Waals surface area (Å²) in [5.41, 5.74) is 8.64. The zero-order valence-electron chi connectivity index (χ0n) is 17.7. The zero-order valence-corrected chi connectivity index (χ0v) is 19.3. The number of para-hydroxylation sites is 1. The second kappa shape index (κ2) is 10.1. The molecular weight excluding hydrogens is 469 g/mol. The van der Waals surface area contributed by atoms with Crippen molar-refractivity contribution in [3.8, 4) is 23.6 Å². The van der Waals surface area contributed by atoms with Crippen LogP contribution in [0.5, 0.6) is 5.75 Å². The first-order valence-corrected chi connectivity index (χ1v) is 10.9. The van der Waals surface area contributed by atoms with E-state index in [0.717, 1.165) is 5.56 Å². The van der Waals surface area contributed by atoms with Gasteiger partial charge in [-0.15, -0.1) is 0 Å². The van der Waals surface area contributed by atoms with Gasteiger partial charge in [-0.3, -0.25) is 0 Å². The highest BCUT2D eigenvalue weighted by molar-refractivity contribution is 6.36. The number of nitrogen functional groups attached to an aromatic ring is 1. The normalized spacial score (nSPS) is 11.0. The van der Waals surface area contributed by atoms with Gasteiger partial charge < -0.3 is 10.5 Å². The lowest BCUT2D eigenvalue weighted by molar-refractivity contribution is 0.306.